The predicted octanol–water partition coefficient (Wildman–Crippen LogP) is 3.91. The van der Waals surface area contributed by atoms with E-state index in [1.807, 2.05) is 36.5 Å². The molecule has 1 fully saturated rings. The van der Waals surface area contributed by atoms with Gasteiger partial charge in [-0.05, 0) is 31.5 Å². The highest BCUT2D eigenvalue weighted by molar-refractivity contribution is 5.87. The SMILES string of the molecule is CCn1c(-c2ccncc2)nc2c(N3CCOCC3)nc(-n3cc(C)c(-c4ccccc4)n3)nc21. The van der Waals surface area contributed by atoms with Crippen LogP contribution in [0.5, 0.6) is 0 Å². The fourth-order valence-electron chi connectivity index (χ4n) is 4.54. The standard InChI is InChI=1S/C26H26N8O/c1-3-33-23(20-9-11-27-12-10-20)28-22-24(32-13-15-35-16-14-32)29-26(30-25(22)33)34-17-18(2)21(31-34)19-7-5-4-6-8-19/h4-12,17H,3,13-16H2,1-2H3. The zero-order chi connectivity index (χ0) is 23.8. The summed E-state index contributed by atoms with van der Waals surface area (Å²) in [4.78, 5) is 21.4. The van der Waals surface area contributed by atoms with E-state index in [9.17, 15) is 0 Å². The zero-order valence-corrected chi connectivity index (χ0v) is 19.8. The van der Waals surface area contributed by atoms with Crippen LogP contribution in [0.1, 0.15) is 12.5 Å². The van der Waals surface area contributed by atoms with Crippen molar-refractivity contribution in [3.63, 3.8) is 0 Å². The van der Waals surface area contributed by atoms with Crippen LogP contribution in [0.15, 0.2) is 61.1 Å². The third-order valence-corrected chi connectivity index (χ3v) is 6.28. The summed E-state index contributed by atoms with van der Waals surface area (Å²) in [5.74, 6) is 2.19. The van der Waals surface area contributed by atoms with Crippen LogP contribution < -0.4 is 4.90 Å². The lowest BCUT2D eigenvalue weighted by Crippen LogP contribution is -2.37. The van der Waals surface area contributed by atoms with E-state index in [0.717, 1.165) is 64.8 Å². The number of benzene rings is 1. The molecule has 6 rings (SSSR count). The number of ether oxygens (including phenoxy) is 1. The molecule has 0 N–H and O–H groups in total. The summed E-state index contributed by atoms with van der Waals surface area (Å²) in [7, 11) is 0. The van der Waals surface area contributed by atoms with Gasteiger partial charge in [0, 0.05) is 49.4 Å². The lowest BCUT2D eigenvalue weighted by Gasteiger charge is -2.28. The molecule has 176 valence electrons. The Morgan fingerprint density at radius 2 is 1.69 bits per heavy atom. The maximum absolute atomic E-state index is 5.60. The fraction of sp³-hybridized carbons (Fsp3) is 0.269. The fourth-order valence-corrected chi connectivity index (χ4v) is 4.54. The molecule has 0 saturated carbocycles. The van der Waals surface area contributed by atoms with Gasteiger partial charge in [0.15, 0.2) is 17.0 Å². The first kappa shape index (κ1) is 21.4. The van der Waals surface area contributed by atoms with Gasteiger partial charge in [-0.1, -0.05) is 30.3 Å². The minimum absolute atomic E-state index is 0.528. The summed E-state index contributed by atoms with van der Waals surface area (Å²) < 4.78 is 9.51. The van der Waals surface area contributed by atoms with Gasteiger partial charge < -0.3 is 14.2 Å². The summed E-state index contributed by atoms with van der Waals surface area (Å²) >= 11 is 0. The number of imidazole rings is 1. The second-order valence-electron chi connectivity index (χ2n) is 8.51. The molecule has 0 radical (unpaired) electrons. The van der Waals surface area contributed by atoms with Crippen molar-refractivity contribution in [2.45, 2.75) is 20.4 Å². The Hall–Kier alpha value is -4.11. The molecule has 0 unspecified atom stereocenters. The largest absolute Gasteiger partial charge is 0.378 e. The third-order valence-electron chi connectivity index (χ3n) is 6.28. The molecule has 0 bridgehead atoms. The number of nitrogens with zero attached hydrogens (tertiary/aromatic N) is 8. The van der Waals surface area contributed by atoms with Crippen molar-refractivity contribution in [1.82, 2.24) is 34.3 Å². The van der Waals surface area contributed by atoms with E-state index in [1.165, 1.54) is 0 Å². The molecule has 4 aromatic heterocycles. The zero-order valence-electron chi connectivity index (χ0n) is 19.8. The van der Waals surface area contributed by atoms with Gasteiger partial charge in [0.1, 0.15) is 5.82 Å². The Morgan fingerprint density at radius 1 is 0.914 bits per heavy atom. The molecular weight excluding hydrogens is 440 g/mol. The topological polar surface area (TPSA) is 86.8 Å². The van der Waals surface area contributed by atoms with Gasteiger partial charge >= 0.3 is 0 Å². The summed E-state index contributed by atoms with van der Waals surface area (Å²) in [6.45, 7) is 7.71. The van der Waals surface area contributed by atoms with Gasteiger partial charge in [0.05, 0.1) is 18.9 Å². The van der Waals surface area contributed by atoms with Gasteiger partial charge in [-0.3, -0.25) is 4.98 Å². The van der Waals surface area contributed by atoms with E-state index in [2.05, 4.69) is 40.4 Å². The normalized spacial score (nSPS) is 14.1. The van der Waals surface area contributed by atoms with Crippen LogP contribution in [0.3, 0.4) is 0 Å². The first-order chi connectivity index (χ1) is 17.2. The van der Waals surface area contributed by atoms with Gasteiger partial charge in [-0.25, -0.2) is 9.67 Å². The molecular formula is C26H26N8O. The summed E-state index contributed by atoms with van der Waals surface area (Å²) in [5, 5.41) is 4.87. The van der Waals surface area contributed by atoms with Crippen molar-refractivity contribution in [1.29, 1.82) is 0 Å². The first-order valence-electron chi connectivity index (χ1n) is 11.9. The highest BCUT2D eigenvalue weighted by Crippen LogP contribution is 2.31. The van der Waals surface area contributed by atoms with Crippen molar-refractivity contribution in [3.05, 3.63) is 66.6 Å². The Morgan fingerprint density at radius 3 is 2.43 bits per heavy atom. The molecule has 1 saturated heterocycles. The number of aryl methyl sites for hydroxylation is 2. The van der Waals surface area contributed by atoms with Crippen molar-refractivity contribution >= 4 is 17.0 Å². The number of aromatic nitrogens is 7. The van der Waals surface area contributed by atoms with Crippen molar-refractivity contribution in [2.75, 3.05) is 31.2 Å². The van der Waals surface area contributed by atoms with E-state index < -0.39 is 0 Å². The van der Waals surface area contributed by atoms with Crippen LogP contribution in [0, 0.1) is 6.92 Å². The molecule has 0 amide bonds. The van der Waals surface area contributed by atoms with Crippen LogP contribution >= 0.6 is 0 Å². The average Bonchev–Trinajstić information content (AvgIpc) is 3.50. The van der Waals surface area contributed by atoms with Crippen LogP contribution in [0.25, 0.3) is 39.8 Å². The monoisotopic (exact) mass is 466 g/mol. The Bertz CT molecular complexity index is 1470. The Labute approximate surface area is 203 Å². The van der Waals surface area contributed by atoms with Crippen LogP contribution in [0.4, 0.5) is 5.82 Å². The van der Waals surface area contributed by atoms with Gasteiger partial charge in [0.25, 0.3) is 5.95 Å². The maximum Gasteiger partial charge on any atom is 0.254 e. The summed E-state index contributed by atoms with van der Waals surface area (Å²) in [6, 6.07) is 14.1. The average molecular weight is 467 g/mol. The molecule has 9 heteroatoms. The number of fused-ring (bicyclic) bond motifs is 1. The third kappa shape index (κ3) is 3.83. The van der Waals surface area contributed by atoms with Crippen LogP contribution in [-0.4, -0.2) is 60.6 Å². The smallest absolute Gasteiger partial charge is 0.254 e. The molecule has 35 heavy (non-hydrogen) atoms. The van der Waals surface area contributed by atoms with Crippen LogP contribution in [0.2, 0.25) is 0 Å². The predicted molar refractivity (Wildman–Crippen MR) is 135 cm³/mol. The maximum atomic E-state index is 5.60. The lowest BCUT2D eigenvalue weighted by atomic mass is 10.1. The van der Waals surface area contributed by atoms with Crippen LogP contribution in [-0.2, 0) is 11.3 Å². The molecule has 5 aromatic rings. The molecule has 5 heterocycles. The number of hydrogen-bond donors (Lipinski definition) is 0. The van der Waals surface area contributed by atoms with Gasteiger partial charge in [-0.2, -0.15) is 15.1 Å². The number of anilines is 1. The van der Waals surface area contributed by atoms with E-state index in [0.29, 0.717) is 19.2 Å². The van der Waals surface area contributed by atoms with Crippen molar-refractivity contribution in [3.8, 4) is 28.6 Å². The number of hydrogen-bond acceptors (Lipinski definition) is 7. The molecule has 1 aromatic carbocycles. The number of morpholine rings is 1. The molecule has 1 aliphatic heterocycles. The molecule has 0 spiro atoms. The minimum Gasteiger partial charge on any atom is -0.378 e. The minimum atomic E-state index is 0.528. The quantitative estimate of drug-likeness (QED) is 0.388. The highest BCUT2D eigenvalue weighted by Gasteiger charge is 2.24. The van der Waals surface area contributed by atoms with Crippen molar-refractivity contribution in [2.24, 2.45) is 0 Å². The van der Waals surface area contributed by atoms with E-state index in [1.54, 1.807) is 17.1 Å². The molecule has 9 nitrogen and oxygen atoms in total. The second-order valence-corrected chi connectivity index (χ2v) is 8.51. The van der Waals surface area contributed by atoms with Gasteiger partial charge in [0.2, 0.25) is 0 Å². The van der Waals surface area contributed by atoms with Gasteiger partial charge in [-0.15, -0.1) is 0 Å². The summed E-state index contributed by atoms with van der Waals surface area (Å²) in [5.41, 5.74) is 5.63. The van der Waals surface area contributed by atoms with Crippen molar-refractivity contribution < 1.29 is 4.74 Å². The Balaban J connectivity index is 1.56. The number of pyridine rings is 1. The molecule has 0 aliphatic carbocycles. The second kappa shape index (κ2) is 8.92. The summed E-state index contributed by atoms with van der Waals surface area (Å²) in [6.07, 6.45) is 5.56. The highest BCUT2D eigenvalue weighted by atomic mass is 16.5. The van der Waals surface area contributed by atoms with E-state index in [4.69, 9.17) is 24.8 Å². The lowest BCUT2D eigenvalue weighted by molar-refractivity contribution is 0.122. The molecule has 1 aliphatic rings. The number of rotatable bonds is 5. The van der Waals surface area contributed by atoms with E-state index in [-0.39, 0.29) is 0 Å². The first-order valence-corrected chi connectivity index (χ1v) is 11.9. The molecule has 0 atom stereocenters. The Kier molecular flexibility index (Phi) is 5.46. The van der Waals surface area contributed by atoms with E-state index >= 15 is 0 Å².